The van der Waals surface area contributed by atoms with Crippen molar-refractivity contribution in [3.63, 3.8) is 0 Å². The van der Waals surface area contributed by atoms with Crippen LogP contribution in [0.2, 0.25) is 0 Å². The number of ether oxygens (including phenoxy) is 2. The van der Waals surface area contributed by atoms with Crippen molar-refractivity contribution in [1.29, 1.82) is 5.26 Å². The lowest BCUT2D eigenvalue weighted by Gasteiger charge is -2.36. The van der Waals surface area contributed by atoms with Crippen LogP contribution in [0.15, 0.2) is 42.5 Å². The lowest BCUT2D eigenvalue weighted by Crippen LogP contribution is -2.46. The van der Waals surface area contributed by atoms with Crippen molar-refractivity contribution in [3.05, 3.63) is 53.0 Å². The molecule has 0 N–H and O–H groups in total. The molecule has 1 aliphatic heterocycles. The van der Waals surface area contributed by atoms with E-state index < -0.39 is 0 Å². The predicted octanol–water partition coefficient (Wildman–Crippen LogP) is 3.52. The van der Waals surface area contributed by atoms with Crippen LogP contribution < -0.4 is 9.64 Å². The third-order valence-corrected chi connectivity index (χ3v) is 6.08. The van der Waals surface area contributed by atoms with Crippen LogP contribution in [0.25, 0.3) is 10.2 Å². The van der Waals surface area contributed by atoms with Gasteiger partial charge in [-0.25, -0.2) is 4.98 Å². The van der Waals surface area contributed by atoms with Crippen molar-refractivity contribution in [3.8, 4) is 11.8 Å². The maximum Gasteiger partial charge on any atom is 0.121 e. The highest BCUT2D eigenvalue weighted by atomic mass is 32.1. The fraction of sp³-hybridized carbons (Fsp3) is 0.364. The first-order valence-electron chi connectivity index (χ1n) is 9.74. The van der Waals surface area contributed by atoms with Gasteiger partial charge in [0.15, 0.2) is 0 Å². The molecular weight excluding hydrogens is 384 g/mol. The fourth-order valence-corrected chi connectivity index (χ4v) is 4.54. The molecule has 4 rings (SSSR count). The first kappa shape index (κ1) is 19.6. The van der Waals surface area contributed by atoms with Crippen LogP contribution in [0, 0.1) is 11.3 Å². The standard InChI is InChI=1S/C22H24N4O2S/c1-27-12-13-28-18-7-6-17(15-23)20(14-18)26-10-8-25(9-11-26)16-22-24-19-4-2-3-5-21(19)29-22/h2-7,14H,8-13,16H2,1H3. The van der Waals surface area contributed by atoms with Gasteiger partial charge < -0.3 is 14.4 Å². The Balaban J connectivity index is 1.39. The zero-order valence-electron chi connectivity index (χ0n) is 16.5. The zero-order chi connectivity index (χ0) is 20.1. The van der Waals surface area contributed by atoms with E-state index in [0.717, 1.165) is 54.7 Å². The summed E-state index contributed by atoms with van der Waals surface area (Å²) in [5, 5.41) is 10.7. The molecule has 1 aromatic heterocycles. The minimum absolute atomic E-state index is 0.498. The molecule has 6 nitrogen and oxygen atoms in total. The molecular formula is C22H24N4O2S. The van der Waals surface area contributed by atoms with Gasteiger partial charge in [-0.15, -0.1) is 11.3 Å². The third kappa shape index (κ3) is 4.67. The summed E-state index contributed by atoms with van der Waals surface area (Å²) in [7, 11) is 1.65. The molecule has 29 heavy (non-hydrogen) atoms. The Bertz CT molecular complexity index is 972. The summed E-state index contributed by atoms with van der Waals surface area (Å²) in [4.78, 5) is 9.46. The van der Waals surface area contributed by atoms with Crippen LogP contribution in [0.1, 0.15) is 10.6 Å². The molecule has 2 aromatic carbocycles. The summed E-state index contributed by atoms with van der Waals surface area (Å²) in [6.07, 6.45) is 0. The Hall–Kier alpha value is -2.66. The number of piperazine rings is 1. The molecule has 3 aromatic rings. The molecule has 0 bridgehead atoms. The van der Waals surface area contributed by atoms with Gasteiger partial charge in [-0.2, -0.15) is 5.26 Å². The number of aromatic nitrogens is 1. The van der Waals surface area contributed by atoms with Crippen LogP contribution in [0.3, 0.4) is 0 Å². The Kier molecular flexibility index (Phi) is 6.25. The van der Waals surface area contributed by atoms with Gasteiger partial charge in [0.2, 0.25) is 0 Å². The van der Waals surface area contributed by atoms with Crippen molar-refractivity contribution < 1.29 is 9.47 Å². The summed E-state index contributed by atoms with van der Waals surface area (Å²) in [5.41, 5.74) is 2.71. The van der Waals surface area contributed by atoms with Crippen LogP contribution in [-0.2, 0) is 11.3 Å². The molecule has 1 fully saturated rings. The number of anilines is 1. The van der Waals surface area contributed by atoms with Crippen LogP contribution in [0.5, 0.6) is 5.75 Å². The minimum Gasteiger partial charge on any atom is -0.491 e. The quantitative estimate of drug-likeness (QED) is 0.558. The molecule has 150 valence electrons. The molecule has 0 atom stereocenters. The topological polar surface area (TPSA) is 61.6 Å². The first-order valence-corrected chi connectivity index (χ1v) is 10.6. The van der Waals surface area contributed by atoms with Crippen molar-refractivity contribution in [2.75, 3.05) is 51.4 Å². The highest BCUT2D eigenvalue weighted by Gasteiger charge is 2.21. The predicted molar refractivity (Wildman–Crippen MR) is 116 cm³/mol. The lowest BCUT2D eigenvalue weighted by atomic mass is 10.1. The van der Waals surface area contributed by atoms with Gasteiger partial charge in [-0.1, -0.05) is 12.1 Å². The van der Waals surface area contributed by atoms with Crippen molar-refractivity contribution in [2.45, 2.75) is 6.54 Å². The molecule has 0 unspecified atom stereocenters. The van der Waals surface area contributed by atoms with E-state index in [-0.39, 0.29) is 0 Å². The summed E-state index contributed by atoms with van der Waals surface area (Å²) < 4.78 is 12.0. The number of hydrogen-bond donors (Lipinski definition) is 0. The fourth-order valence-electron chi connectivity index (χ4n) is 3.53. The number of hydrogen-bond acceptors (Lipinski definition) is 7. The van der Waals surface area contributed by atoms with E-state index in [0.29, 0.717) is 18.8 Å². The average Bonchev–Trinajstić information content (AvgIpc) is 3.17. The number of nitriles is 1. The summed E-state index contributed by atoms with van der Waals surface area (Å²) >= 11 is 1.77. The van der Waals surface area contributed by atoms with Gasteiger partial charge >= 0.3 is 0 Å². The number of para-hydroxylation sites is 1. The number of thiazole rings is 1. The Morgan fingerprint density at radius 3 is 2.69 bits per heavy atom. The first-order chi connectivity index (χ1) is 14.3. The monoisotopic (exact) mass is 408 g/mol. The van der Waals surface area contributed by atoms with Gasteiger partial charge in [0.1, 0.15) is 23.4 Å². The van der Waals surface area contributed by atoms with Crippen LogP contribution in [0.4, 0.5) is 5.69 Å². The second-order valence-electron chi connectivity index (χ2n) is 6.97. The largest absolute Gasteiger partial charge is 0.491 e. The second-order valence-corrected chi connectivity index (χ2v) is 8.09. The maximum atomic E-state index is 9.52. The van der Waals surface area contributed by atoms with Gasteiger partial charge in [-0.05, 0) is 24.3 Å². The molecule has 0 amide bonds. The highest BCUT2D eigenvalue weighted by Crippen LogP contribution is 2.28. The SMILES string of the molecule is COCCOc1ccc(C#N)c(N2CCN(Cc3nc4ccccc4s3)CC2)c1. The molecule has 0 aliphatic carbocycles. The Morgan fingerprint density at radius 1 is 1.10 bits per heavy atom. The van der Waals surface area contributed by atoms with Gasteiger partial charge in [0.25, 0.3) is 0 Å². The van der Waals surface area contributed by atoms with E-state index >= 15 is 0 Å². The summed E-state index contributed by atoms with van der Waals surface area (Å²) in [6, 6.07) is 16.2. The third-order valence-electron chi connectivity index (χ3n) is 5.06. The van der Waals surface area contributed by atoms with E-state index in [1.54, 1.807) is 18.4 Å². The van der Waals surface area contributed by atoms with Crippen LogP contribution in [-0.4, -0.2) is 56.4 Å². The summed E-state index contributed by atoms with van der Waals surface area (Å²) in [5.74, 6) is 0.771. The highest BCUT2D eigenvalue weighted by molar-refractivity contribution is 7.18. The Labute approximate surface area is 174 Å². The van der Waals surface area contributed by atoms with Crippen LogP contribution >= 0.6 is 11.3 Å². The molecule has 7 heteroatoms. The van der Waals surface area contributed by atoms with Gasteiger partial charge in [0.05, 0.1) is 34.6 Å². The average molecular weight is 409 g/mol. The molecule has 0 spiro atoms. The van der Waals surface area contributed by atoms with E-state index in [4.69, 9.17) is 14.5 Å². The van der Waals surface area contributed by atoms with E-state index in [1.807, 2.05) is 24.3 Å². The maximum absolute atomic E-state index is 9.52. The molecule has 2 heterocycles. The Morgan fingerprint density at radius 2 is 1.93 bits per heavy atom. The lowest BCUT2D eigenvalue weighted by molar-refractivity contribution is 0.146. The second kappa shape index (κ2) is 9.23. The smallest absolute Gasteiger partial charge is 0.121 e. The van der Waals surface area contributed by atoms with Gasteiger partial charge in [-0.3, -0.25) is 4.90 Å². The van der Waals surface area contributed by atoms with Crippen molar-refractivity contribution in [1.82, 2.24) is 9.88 Å². The summed E-state index contributed by atoms with van der Waals surface area (Å²) in [6.45, 7) is 5.54. The molecule has 0 radical (unpaired) electrons. The van der Waals surface area contributed by atoms with Gasteiger partial charge in [0, 0.05) is 39.4 Å². The van der Waals surface area contributed by atoms with E-state index in [1.165, 1.54) is 4.70 Å². The normalized spacial score (nSPS) is 14.8. The van der Waals surface area contributed by atoms with E-state index in [9.17, 15) is 5.26 Å². The number of nitrogens with zero attached hydrogens (tertiary/aromatic N) is 4. The molecule has 1 saturated heterocycles. The minimum atomic E-state index is 0.498. The number of rotatable bonds is 7. The van der Waals surface area contributed by atoms with Crippen molar-refractivity contribution in [2.24, 2.45) is 0 Å². The van der Waals surface area contributed by atoms with Crippen molar-refractivity contribution >= 4 is 27.2 Å². The van der Waals surface area contributed by atoms with E-state index in [2.05, 4.69) is 34.1 Å². The number of benzene rings is 2. The molecule has 0 saturated carbocycles. The number of fused-ring (bicyclic) bond motifs is 1. The molecule has 1 aliphatic rings. The zero-order valence-corrected chi connectivity index (χ0v) is 17.3. The number of methoxy groups -OCH3 is 1.